The largest absolute Gasteiger partial charge is 1.00 e. The molecule has 0 bridgehead atoms. The van der Waals surface area contributed by atoms with E-state index in [9.17, 15) is 36.2 Å². The fourth-order valence-electron chi connectivity index (χ4n) is 1.50. The minimum atomic E-state index is -5.08. The number of carbonyl (C=O) groups excluding carboxylic acids is 1. The van der Waals surface area contributed by atoms with Crippen LogP contribution in [0.3, 0.4) is 0 Å². The second-order valence-electron chi connectivity index (χ2n) is 3.89. The Labute approximate surface area is 126 Å². The summed E-state index contributed by atoms with van der Waals surface area (Å²) in [5, 5.41) is 19.4. The molecule has 0 aromatic heterocycles. The summed E-state index contributed by atoms with van der Waals surface area (Å²) in [6.07, 6.45) is -10.2. The van der Waals surface area contributed by atoms with Gasteiger partial charge in [0.05, 0.1) is 23.7 Å². The number of alkyl halides is 6. The Morgan fingerprint density at radius 1 is 1.05 bits per heavy atom. The smallest absolute Gasteiger partial charge is 0.549 e. The normalized spacial score (nSPS) is 13.5. The van der Waals surface area contributed by atoms with Crippen LogP contribution in [-0.2, 0) is 17.1 Å². The van der Waals surface area contributed by atoms with Gasteiger partial charge in [0, 0.05) is 5.92 Å². The van der Waals surface area contributed by atoms with E-state index in [1.165, 1.54) is 0 Å². The topological polar surface area (TPSA) is 60.4 Å². The van der Waals surface area contributed by atoms with E-state index in [-0.39, 0.29) is 37.1 Å². The van der Waals surface area contributed by atoms with Crippen molar-refractivity contribution in [2.24, 2.45) is 0 Å². The molecule has 1 rings (SSSR count). The van der Waals surface area contributed by atoms with Crippen LogP contribution in [-0.4, -0.2) is 17.7 Å². The van der Waals surface area contributed by atoms with Gasteiger partial charge in [-0.25, -0.2) is 0 Å². The molecule has 0 aliphatic carbocycles. The van der Waals surface area contributed by atoms with Crippen LogP contribution in [0.4, 0.5) is 26.3 Å². The standard InChI is InChI=1S/C11H8F6O3.Li/c12-10(13,14)6-1-5(8(4-18)9(19)20)2-7(3-6)11(15,16)17;/h1-3,8,18H,4H2,(H,19,20);/q;+1/p-1. The van der Waals surface area contributed by atoms with Gasteiger partial charge in [-0.2, -0.15) is 26.3 Å². The molecule has 0 aliphatic rings. The molecule has 1 N–H and O–H groups in total. The second kappa shape index (κ2) is 6.73. The van der Waals surface area contributed by atoms with Gasteiger partial charge < -0.3 is 15.0 Å². The number of carboxylic acid groups (broad SMARTS) is 1. The molecular weight excluding hydrogens is 301 g/mol. The van der Waals surface area contributed by atoms with Crippen LogP contribution in [0.2, 0.25) is 0 Å². The van der Waals surface area contributed by atoms with Crippen molar-refractivity contribution in [3.63, 3.8) is 0 Å². The van der Waals surface area contributed by atoms with Crippen LogP contribution < -0.4 is 24.0 Å². The Kier molecular flexibility index (Phi) is 6.35. The molecule has 0 amide bonds. The zero-order valence-electron chi connectivity index (χ0n) is 10.5. The van der Waals surface area contributed by atoms with E-state index in [0.717, 1.165) is 0 Å². The zero-order valence-corrected chi connectivity index (χ0v) is 10.5. The van der Waals surface area contributed by atoms with E-state index in [4.69, 9.17) is 5.11 Å². The van der Waals surface area contributed by atoms with Crippen LogP contribution in [0.1, 0.15) is 22.6 Å². The molecule has 1 atom stereocenters. The average molecular weight is 308 g/mol. The van der Waals surface area contributed by atoms with E-state index >= 15 is 0 Å². The van der Waals surface area contributed by atoms with Gasteiger partial charge in [-0.05, 0) is 23.8 Å². The molecule has 0 saturated heterocycles. The summed E-state index contributed by atoms with van der Waals surface area (Å²) in [5.41, 5.74) is -4.13. The van der Waals surface area contributed by atoms with Gasteiger partial charge in [0.25, 0.3) is 0 Å². The summed E-state index contributed by atoms with van der Waals surface area (Å²) in [7, 11) is 0. The van der Waals surface area contributed by atoms with Crippen molar-refractivity contribution in [2.75, 3.05) is 6.61 Å². The molecule has 10 heteroatoms. The van der Waals surface area contributed by atoms with Gasteiger partial charge in [-0.15, -0.1) is 0 Å². The van der Waals surface area contributed by atoms with E-state index in [2.05, 4.69) is 0 Å². The Hall–Kier alpha value is -1.17. The van der Waals surface area contributed by atoms with Gasteiger partial charge >= 0.3 is 31.2 Å². The molecule has 21 heavy (non-hydrogen) atoms. The van der Waals surface area contributed by atoms with Crippen molar-refractivity contribution in [2.45, 2.75) is 18.3 Å². The van der Waals surface area contributed by atoms with Crippen molar-refractivity contribution in [1.29, 1.82) is 0 Å². The third-order valence-corrected chi connectivity index (χ3v) is 2.48. The molecular formula is C11H7F6LiO3. The number of carbonyl (C=O) groups is 1. The number of aliphatic carboxylic acids is 1. The van der Waals surface area contributed by atoms with Crippen molar-refractivity contribution < 1.29 is 60.2 Å². The van der Waals surface area contributed by atoms with Crippen LogP contribution in [0, 0.1) is 0 Å². The SMILES string of the molecule is O=C([O-])C(CO)c1cc(C(F)(F)F)cc(C(F)(F)F)c1.[Li+]. The first-order valence-corrected chi connectivity index (χ1v) is 5.08. The predicted molar refractivity (Wildman–Crippen MR) is 51.3 cm³/mol. The number of halogens is 6. The molecule has 1 unspecified atom stereocenters. The fraction of sp³-hybridized carbons (Fsp3) is 0.364. The minimum Gasteiger partial charge on any atom is -0.549 e. The monoisotopic (exact) mass is 308 g/mol. The van der Waals surface area contributed by atoms with Gasteiger partial charge in [0.2, 0.25) is 0 Å². The van der Waals surface area contributed by atoms with E-state index < -0.39 is 47.5 Å². The minimum absolute atomic E-state index is 0. The summed E-state index contributed by atoms with van der Waals surface area (Å²) in [6, 6.07) is 0.352. The number of hydrogen-bond donors (Lipinski definition) is 1. The van der Waals surface area contributed by atoms with Gasteiger partial charge in [0.15, 0.2) is 0 Å². The number of benzene rings is 1. The number of hydrogen-bond acceptors (Lipinski definition) is 3. The summed E-state index contributed by atoms with van der Waals surface area (Å²) < 4.78 is 75.1. The molecule has 0 radical (unpaired) electrons. The molecule has 0 heterocycles. The molecule has 1 aromatic rings. The zero-order chi connectivity index (χ0) is 15.7. The fourth-order valence-corrected chi connectivity index (χ4v) is 1.50. The molecule has 0 saturated carbocycles. The first kappa shape index (κ1) is 19.8. The summed E-state index contributed by atoms with van der Waals surface area (Å²) in [6.45, 7) is -1.18. The van der Waals surface area contributed by atoms with Crippen molar-refractivity contribution in [3.05, 3.63) is 34.9 Å². The maximum atomic E-state index is 12.5. The van der Waals surface area contributed by atoms with Gasteiger partial charge in [0.1, 0.15) is 0 Å². The maximum Gasteiger partial charge on any atom is 1.00 e. The number of aliphatic hydroxyl groups is 1. The molecule has 3 nitrogen and oxygen atoms in total. The van der Waals surface area contributed by atoms with Crippen molar-refractivity contribution in [1.82, 2.24) is 0 Å². The molecule has 0 spiro atoms. The third kappa shape index (κ3) is 4.95. The van der Waals surface area contributed by atoms with Crippen LogP contribution >= 0.6 is 0 Å². The first-order valence-electron chi connectivity index (χ1n) is 5.08. The molecule has 0 fully saturated rings. The quantitative estimate of drug-likeness (QED) is 0.549. The van der Waals surface area contributed by atoms with Crippen LogP contribution in [0.5, 0.6) is 0 Å². The molecule has 1 aromatic carbocycles. The number of carboxylic acids is 1. The summed E-state index contributed by atoms with van der Waals surface area (Å²) in [5.74, 6) is -3.95. The summed E-state index contributed by atoms with van der Waals surface area (Å²) in [4.78, 5) is 10.6. The Bertz CT molecular complexity index is 479. The Morgan fingerprint density at radius 2 is 1.43 bits per heavy atom. The van der Waals surface area contributed by atoms with Crippen LogP contribution in [0.15, 0.2) is 18.2 Å². The average Bonchev–Trinajstić information content (AvgIpc) is 2.26. The Morgan fingerprint density at radius 3 is 1.67 bits per heavy atom. The third-order valence-electron chi connectivity index (χ3n) is 2.48. The van der Waals surface area contributed by atoms with Crippen LogP contribution in [0.25, 0.3) is 0 Å². The van der Waals surface area contributed by atoms with Gasteiger partial charge in [-0.1, -0.05) is 0 Å². The van der Waals surface area contributed by atoms with E-state index in [1.54, 1.807) is 0 Å². The molecule has 0 aliphatic heterocycles. The van der Waals surface area contributed by atoms with E-state index in [0.29, 0.717) is 0 Å². The Balaban J connectivity index is 0.00000400. The molecule has 112 valence electrons. The van der Waals surface area contributed by atoms with Crippen molar-refractivity contribution in [3.8, 4) is 0 Å². The number of rotatable bonds is 3. The first-order chi connectivity index (χ1) is 8.96. The second-order valence-corrected chi connectivity index (χ2v) is 3.89. The van der Waals surface area contributed by atoms with E-state index in [1.807, 2.05) is 0 Å². The van der Waals surface area contributed by atoms with Gasteiger partial charge in [-0.3, -0.25) is 0 Å². The maximum absolute atomic E-state index is 12.5. The summed E-state index contributed by atoms with van der Waals surface area (Å²) >= 11 is 0. The van der Waals surface area contributed by atoms with Crippen molar-refractivity contribution >= 4 is 5.97 Å². The predicted octanol–water partition coefficient (Wildman–Crippen LogP) is -1.45. The number of aliphatic hydroxyl groups excluding tert-OH is 1.